The average Bonchev–Trinajstić information content (AvgIpc) is 3.01. The van der Waals surface area contributed by atoms with E-state index in [-0.39, 0.29) is 12.5 Å². The zero-order valence-corrected chi connectivity index (χ0v) is 15.1. The van der Waals surface area contributed by atoms with E-state index in [1.165, 1.54) is 29.4 Å². The predicted molar refractivity (Wildman–Crippen MR) is 97.2 cm³/mol. The van der Waals surface area contributed by atoms with E-state index < -0.39 is 0 Å². The molecule has 0 aliphatic carbocycles. The van der Waals surface area contributed by atoms with Crippen LogP contribution in [0.5, 0.6) is 0 Å². The molecule has 7 heteroatoms. The highest BCUT2D eigenvalue weighted by Gasteiger charge is 2.36. The molecule has 0 N–H and O–H groups in total. The minimum atomic E-state index is 0.137. The Kier molecular flexibility index (Phi) is 5.24. The molecule has 0 unspecified atom stereocenters. The topological polar surface area (TPSA) is 67.2 Å². The highest BCUT2D eigenvalue weighted by molar-refractivity contribution is 5.76. The van der Waals surface area contributed by atoms with Crippen molar-refractivity contribution >= 4 is 5.91 Å². The third-order valence-corrected chi connectivity index (χ3v) is 5.58. The molecule has 3 saturated heterocycles. The fraction of sp³-hybridized carbons (Fsp3) is 0.579. The van der Waals surface area contributed by atoms with Gasteiger partial charge in [-0.15, -0.1) is 5.10 Å². The van der Waals surface area contributed by atoms with Crippen LogP contribution in [0.3, 0.4) is 0 Å². The standard InChI is InChI=1S/C19H26N6O/c26-19(14-24-15-20-21-22-24)25-12-17-8-9-18(25)13-23(11-17)10-4-7-16-5-2-1-3-6-16/h1-3,5-6,15,17-18H,4,7-14H2/t17-,18+/m1/s1. The number of hydrogen-bond acceptors (Lipinski definition) is 5. The van der Waals surface area contributed by atoms with E-state index in [0.717, 1.165) is 39.0 Å². The summed E-state index contributed by atoms with van der Waals surface area (Å²) in [6.45, 7) is 4.33. The number of carbonyl (C=O) groups excluding carboxylic acids is 1. The van der Waals surface area contributed by atoms with Gasteiger partial charge in [-0.1, -0.05) is 30.3 Å². The summed E-state index contributed by atoms with van der Waals surface area (Å²) >= 11 is 0. The maximum Gasteiger partial charge on any atom is 0.244 e. The van der Waals surface area contributed by atoms with Crippen molar-refractivity contribution in [2.45, 2.75) is 38.3 Å². The van der Waals surface area contributed by atoms with Gasteiger partial charge in [0, 0.05) is 25.7 Å². The molecular formula is C19H26N6O. The van der Waals surface area contributed by atoms with Crippen LogP contribution in [0.25, 0.3) is 0 Å². The molecule has 1 aromatic carbocycles. The van der Waals surface area contributed by atoms with Crippen molar-refractivity contribution in [1.29, 1.82) is 0 Å². The summed E-state index contributed by atoms with van der Waals surface area (Å²) in [4.78, 5) is 17.3. The van der Waals surface area contributed by atoms with Gasteiger partial charge in [0.15, 0.2) is 0 Å². The summed E-state index contributed by atoms with van der Waals surface area (Å²) in [6.07, 6.45) is 6.14. The molecule has 2 atom stereocenters. The molecule has 3 aliphatic heterocycles. The Balaban J connectivity index is 1.32. The number of nitrogens with zero attached hydrogens (tertiary/aromatic N) is 6. The van der Waals surface area contributed by atoms with Crippen LogP contribution in [-0.4, -0.2) is 68.1 Å². The first-order valence-electron chi connectivity index (χ1n) is 9.54. The van der Waals surface area contributed by atoms with Crippen molar-refractivity contribution in [3.05, 3.63) is 42.2 Å². The minimum Gasteiger partial charge on any atom is -0.336 e. The van der Waals surface area contributed by atoms with Gasteiger partial charge in [-0.2, -0.15) is 0 Å². The molecule has 138 valence electrons. The van der Waals surface area contributed by atoms with E-state index in [1.54, 1.807) is 0 Å². The lowest BCUT2D eigenvalue weighted by Gasteiger charge is -2.36. The van der Waals surface area contributed by atoms with Gasteiger partial charge in [-0.25, -0.2) is 4.68 Å². The van der Waals surface area contributed by atoms with E-state index in [0.29, 0.717) is 12.0 Å². The lowest BCUT2D eigenvalue weighted by atomic mass is 9.95. The number of rotatable bonds is 6. The fourth-order valence-corrected chi connectivity index (χ4v) is 4.30. The number of amides is 1. The Bertz CT molecular complexity index is 704. The average molecular weight is 354 g/mol. The van der Waals surface area contributed by atoms with Gasteiger partial charge in [0.1, 0.15) is 12.9 Å². The van der Waals surface area contributed by atoms with E-state index in [2.05, 4.69) is 55.7 Å². The second kappa shape index (κ2) is 7.95. The van der Waals surface area contributed by atoms with Crippen LogP contribution in [0.1, 0.15) is 24.8 Å². The third-order valence-electron chi connectivity index (χ3n) is 5.58. The molecule has 2 aromatic rings. The second-order valence-corrected chi connectivity index (χ2v) is 7.50. The van der Waals surface area contributed by atoms with E-state index >= 15 is 0 Å². The summed E-state index contributed by atoms with van der Waals surface area (Å²) in [5.41, 5.74) is 1.41. The zero-order valence-electron chi connectivity index (χ0n) is 15.1. The third kappa shape index (κ3) is 4.09. The van der Waals surface area contributed by atoms with Crippen LogP contribution in [-0.2, 0) is 17.8 Å². The fourth-order valence-electron chi connectivity index (χ4n) is 4.30. The Morgan fingerprint density at radius 2 is 2.00 bits per heavy atom. The van der Waals surface area contributed by atoms with E-state index in [9.17, 15) is 4.79 Å². The molecule has 0 radical (unpaired) electrons. The maximum absolute atomic E-state index is 12.7. The number of tetrazole rings is 1. The van der Waals surface area contributed by atoms with Gasteiger partial charge in [0.05, 0.1) is 0 Å². The smallest absolute Gasteiger partial charge is 0.244 e. The molecule has 2 bridgehead atoms. The Hall–Kier alpha value is -2.28. The Morgan fingerprint density at radius 1 is 1.12 bits per heavy atom. The summed E-state index contributed by atoms with van der Waals surface area (Å²) in [5.74, 6) is 0.724. The van der Waals surface area contributed by atoms with Gasteiger partial charge in [0.25, 0.3) is 0 Å². The van der Waals surface area contributed by atoms with Crippen molar-refractivity contribution in [3.8, 4) is 0 Å². The molecule has 0 spiro atoms. The molecule has 5 rings (SSSR count). The van der Waals surface area contributed by atoms with Crippen molar-refractivity contribution in [2.75, 3.05) is 26.2 Å². The molecule has 1 amide bonds. The lowest BCUT2D eigenvalue weighted by Crippen LogP contribution is -2.48. The number of aromatic nitrogens is 4. The van der Waals surface area contributed by atoms with E-state index in [1.807, 2.05) is 0 Å². The second-order valence-electron chi connectivity index (χ2n) is 7.50. The number of piperidine rings is 1. The first kappa shape index (κ1) is 17.1. The van der Waals surface area contributed by atoms with Crippen molar-refractivity contribution in [2.24, 2.45) is 5.92 Å². The Morgan fingerprint density at radius 3 is 2.81 bits per heavy atom. The molecule has 1 aromatic heterocycles. The highest BCUT2D eigenvalue weighted by atomic mass is 16.2. The number of carbonyl (C=O) groups is 1. The van der Waals surface area contributed by atoms with Crippen molar-refractivity contribution in [3.63, 3.8) is 0 Å². The SMILES string of the molecule is O=C(Cn1cnnn1)N1C[C@@H]2CC[C@H]1CN(CCCc1ccccc1)C2. The van der Waals surface area contributed by atoms with Gasteiger partial charge in [-0.05, 0) is 54.1 Å². The first-order chi connectivity index (χ1) is 12.8. The first-order valence-corrected chi connectivity index (χ1v) is 9.54. The highest BCUT2D eigenvalue weighted by Crippen LogP contribution is 2.28. The van der Waals surface area contributed by atoms with E-state index in [4.69, 9.17) is 0 Å². The van der Waals surface area contributed by atoms with Crippen LogP contribution in [0.15, 0.2) is 36.7 Å². The quantitative estimate of drug-likeness (QED) is 0.780. The molecule has 0 saturated carbocycles. The number of benzene rings is 1. The molecule has 3 fully saturated rings. The zero-order chi connectivity index (χ0) is 17.8. The summed E-state index contributed by atoms with van der Waals surface area (Å²) in [7, 11) is 0. The van der Waals surface area contributed by atoms with Crippen LogP contribution in [0.2, 0.25) is 0 Å². The number of hydrogen-bond donors (Lipinski definition) is 0. The van der Waals surface area contributed by atoms with Crippen LogP contribution in [0.4, 0.5) is 0 Å². The van der Waals surface area contributed by atoms with Gasteiger partial charge in [-0.3, -0.25) is 4.79 Å². The van der Waals surface area contributed by atoms with Gasteiger partial charge < -0.3 is 9.80 Å². The number of fused-ring (bicyclic) bond motifs is 4. The number of aryl methyl sites for hydroxylation is 1. The van der Waals surface area contributed by atoms with Crippen molar-refractivity contribution in [1.82, 2.24) is 30.0 Å². The molecule has 4 heterocycles. The summed E-state index contributed by atoms with van der Waals surface area (Å²) < 4.78 is 1.51. The molecule has 3 aliphatic rings. The predicted octanol–water partition coefficient (Wildman–Crippen LogP) is 1.23. The Labute approximate surface area is 154 Å². The van der Waals surface area contributed by atoms with Crippen LogP contribution >= 0.6 is 0 Å². The monoisotopic (exact) mass is 354 g/mol. The van der Waals surface area contributed by atoms with Gasteiger partial charge >= 0.3 is 0 Å². The maximum atomic E-state index is 12.7. The van der Waals surface area contributed by atoms with Crippen LogP contribution in [0, 0.1) is 5.92 Å². The summed E-state index contributed by atoms with van der Waals surface area (Å²) in [5, 5.41) is 11.0. The van der Waals surface area contributed by atoms with Crippen LogP contribution < -0.4 is 0 Å². The molecular weight excluding hydrogens is 328 g/mol. The van der Waals surface area contributed by atoms with Gasteiger partial charge in [0.2, 0.25) is 5.91 Å². The minimum absolute atomic E-state index is 0.137. The largest absolute Gasteiger partial charge is 0.336 e. The normalized spacial score (nSPS) is 23.2. The van der Waals surface area contributed by atoms with Crippen molar-refractivity contribution < 1.29 is 4.79 Å². The molecule has 7 nitrogen and oxygen atoms in total. The lowest BCUT2D eigenvalue weighted by molar-refractivity contribution is -0.136. The summed E-state index contributed by atoms with van der Waals surface area (Å²) in [6, 6.07) is 11.0. The molecule has 26 heavy (non-hydrogen) atoms.